The van der Waals surface area contributed by atoms with Crippen LogP contribution >= 0.6 is 0 Å². The molecule has 2 heteroatoms. The third-order valence-electron chi connectivity index (χ3n) is 3.99. The van der Waals surface area contributed by atoms with E-state index in [2.05, 4.69) is 71.9 Å². The monoisotopic (exact) mass is 285 g/mol. The standard InChI is InChI=1S/C20H15NO/c1-2-6-15(7-3-1)19-11-10-16-8-4-5-9-18(16)20(19)14-17-12-13-22-21-17/h1-14,19H. The lowest BCUT2D eigenvalue weighted by Gasteiger charge is -2.23. The highest BCUT2D eigenvalue weighted by molar-refractivity contribution is 5.92. The van der Waals surface area contributed by atoms with Crippen molar-refractivity contribution < 1.29 is 4.52 Å². The highest BCUT2D eigenvalue weighted by Crippen LogP contribution is 2.40. The van der Waals surface area contributed by atoms with Crippen LogP contribution in [0, 0.1) is 0 Å². The van der Waals surface area contributed by atoms with Crippen molar-refractivity contribution in [1.82, 2.24) is 5.16 Å². The second-order valence-electron chi connectivity index (χ2n) is 5.36. The largest absolute Gasteiger partial charge is 0.364 e. The van der Waals surface area contributed by atoms with Crippen molar-refractivity contribution >= 4 is 17.7 Å². The lowest BCUT2D eigenvalue weighted by Crippen LogP contribution is -2.05. The Bertz CT molecular complexity index is 829. The Morgan fingerprint density at radius 2 is 1.73 bits per heavy atom. The van der Waals surface area contributed by atoms with Crippen molar-refractivity contribution in [2.45, 2.75) is 5.92 Å². The van der Waals surface area contributed by atoms with Gasteiger partial charge in [0, 0.05) is 12.0 Å². The van der Waals surface area contributed by atoms with Crippen molar-refractivity contribution in [3.63, 3.8) is 0 Å². The zero-order valence-electron chi connectivity index (χ0n) is 12.0. The molecule has 0 aliphatic heterocycles. The number of hydrogen-bond donors (Lipinski definition) is 0. The predicted molar refractivity (Wildman–Crippen MR) is 89.0 cm³/mol. The molecular formula is C20H15NO. The summed E-state index contributed by atoms with van der Waals surface area (Å²) >= 11 is 0. The minimum atomic E-state index is 0.229. The van der Waals surface area contributed by atoms with E-state index in [0.29, 0.717) is 0 Å². The minimum absolute atomic E-state index is 0.229. The molecule has 4 rings (SSSR count). The van der Waals surface area contributed by atoms with Crippen LogP contribution in [0.2, 0.25) is 0 Å². The van der Waals surface area contributed by atoms with Crippen LogP contribution in [0.25, 0.3) is 17.7 Å². The summed E-state index contributed by atoms with van der Waals surface area (Å²) in [6, 6.07) is 20.9. The molecule has 0 radical (unpaired) electrons. The second kappa shape index (κ2) is 5.49. The van der Waals surface area contributed by atoms with E-state index in [9.17, 15) is 0 Å². The molecule has 0 N–H and O–H groups in total. The van der Waals surface area contributed by atoms with E-state index < -0.39 is 0 Å². The molecule has 1 atom stereocenters. The number of aromatic nitrogens is 1. The van der Waals surface area contributed by atoms with Gasteiger partial charge < -0.3 is 4.52 Å². The first-order valence-corrected chi connectivity index (χ1v) is 7.36. The zero-order valence-corrected chi connectivity index (χ0v) is 12.0. The summed E-state index contributed by atoms with van der Waals surface area (Å²) in [6.07, 6.45) is 8.18. The van der Waals surface area contributed by atoms with Crippen LogP contribution in [0.15, 0.2) is 77.5 Å². The predicted octanol–water partition coefficient (Wildman–Crippen LogP) is 5.03. The van der Waals surface area contributed by atoms with Gasteiger partial charge >= 0.3 is 0 Å². The van der Waals surface area contributed by atoms with E-state index in [4.69, 9.17) is 4.52 Å². The molecule has 1 heterocycles. The fourth-order valence-electron chi connectivity index (χ4n) is 2.95. The fraction of sp³-hybridized carbons (Fsp3) is 0.0500. The Labute approximate surface area is 129 Å². The first kappa shape index (κ1) is 12.8. The van der Waals surface area contributed by atoms with E-state index >= 15 is 0 Å². The van der Waals surface area contributed by atoms with E-state index in [1.54, 1.807) is 6.26 Å². The normalized spacial score (nSPS) is 18.4. The summed E-state index contributed by atoms with van der Waals surface area (Å²) in [5, 5.41) is 4.04. The summed E-state index contributed by atoms with van der Waals surface area (Å²) in [7, 11) is 0. The van der Waals surface area contributed by atoms with Crippen LogP contribution in [0.3, 0.4) is 0 Å². The van der Waals surface area contributed by atoms with Gasteiger partial charge in [-0.1, -0.05) is 71.9 Å². The van der Waals surface area contributed by atoms with Crippen molar-refractivity contribution in [3.8, 4) is 0 Å². The van der Waals surface area contributed by atoms with Crippen LogP contribution < -0.4 is 0 Å². The summed E-state index contributed by atoms with van der Waals surface area (Å²) in [5.41, 5.74) is 5.87. The molecule has 1 aromatic heterocycles. The summed E-state index contributed by atoms with van der Waals surface area (Å²) < 4.78 is 4.97. The van der Waals surface area contributed by atoms with Gasteiger partial charge in [-0.25, -0.2) is 0 Å². The Balaban J connectivity index is 1.89. The van der Waals surface area contributed by atoms with Gasteiger partial charge in [-0.15, -0.1) is 0 Å². The lowest BCUT2D eigenvalue weighted by molar-refractivity contribution is 0.418. The van der Waals surface area contributed by atoms with Crippen molar-refractivity contribution in [2.24, 2.45) is 0 Å². The SMILES string of the molecule is C1=CC(c2ccccc2)C(=Cc2ccon2)c2ccccc21. The third kappa shape index (κ3) is 2.29. The number of hydrogen-bond acceptors (Lipinski definition) is 2. The van der Waals surface area contributed by atoms with Crippen molar-refractivity contribution in [3.05, 3.63) is 95.4 Å². The van der Waals surface area contributed by atoms with Gasteiger partial charge in [-0.3, -0.25) is 0 Å². The van der Waals surface area contributed by atoms with Crippen molar-refractivity contribution in [1.29, 1.82) is 0 Å². The molecule has 2 aromatic carbocycles. The zero-order chi connectivity index (χ0) is 14.8. The number of nitrogens with zero attached hydrogens (tertiary/aromatic N) is 1. The smallest absolute Gasteiger partial charge is 0.124 e. The molecule has 0 saturated carbocycles. The van der Waals surface area contributed by atoms with E-state index in [1.165, 1.54) is 22.3 Å². The van der Waals surface area contributed by atoms with Gasteiger partial charge in [-0.2, -0.15) is 0 Å². The highest BCUT2D eigenvalue weighted by Gasteiger charge is 2.21. The van der Waals surface area contributed by atoms with Gasteiger partial charge in [0.15, 0.2) is 0 Å². The molecule has 2 nitrogen and oxygen atoms in total. The molecule has 0 spiro atoms. The third-order valence-corrected chi connectivity index (χ3v) is 3.99. The maximum Gasteiger partial charge on any atom is 0.124 e. The highest BCUT2D eigenvalue weighted by atomic mass is 16.5. The fourth-order valence-corrected chi connectivity index (χ4v) is 2.95. The average molecular weight is 285 g/mol. The number of rotatable bonds is 2. The quantitative estimate of drug-likeness (QED) is 0.660. The van der Waals surface area contributed by atoms with E-state index in [0.717, 1.165) is 5.69 Å². The molecule has 0 bridgehead atoms. The van der Waals surface area contributed by atoms with Crippen LogP contribution in [-0.4, -0.2) is 5.16 Å². The molecule has 106 valence electrons. The first-order valence-electron chi connectivity index (χ1n) is 7.36. The minimum Gasteiger partial charge on any atom is -0.364 e. The van der Waals surface area contributed by atoms with Gasteiger partial charge in [0.2, 0.25) is 0 Å². The van der Waals surface area contributed by atoms with Crippen molar-refractivity contribution in [2.75, 3.05) is 0 Å². The number of fused-ring (bicyclic) bond motifs is 1. The molecule has 0 amide bonds. The molecule has 0 fully saturated rings. The molecular weight excluding hydrogens is 270 g/mol. The number of benzene rings is 2. The van der Waals surface area contributed by atoms with Gasteiger partial charge in [0.25, 0.3) is 0 Å². The summed E-state index contributed by atoms with van der Waals surface area (Å²) in [4.78, 5) is 0. The van der Waals surface area contributed by atoms with E-state index in [-0.39, 0.29) is 5.92 Å². The average Bonchev–Trinajstić information content (AvgIpc) is 3.09. The maximum atomic E-state index is 4.97. The molecule has 1 aliphatic carbocycles. The molecule has 1 unspecified atom stereocenters. The summed E-state index contributed by atoms with van der Waals surface area (Å²) in [5.74, 6) is 0.229. The Kier molecular flexibility index (Phi) is 3.20. The van der Waals surface area contributed by atoms with Crippen LogP contribution in [0.4, 0.5) is 0 Å². The van der Waals surface area contributed by atoms with Gasteiger partial charge in [-0.05, 0) is 28.3 Å². The van der Waals surface area contributed by atoms with Crippen LogP contribution in [0.5, 0.6) is 0 Å². The van der Waals surface area contributed by atoms with Gasteiger partial charge in [0.1, 0.15) is 12.0 Å². The Morgan fingerprint density at radius 3 is 2.55 bits per heavy atom. The van der Waals surface area contributed by atoms with E-state index in [1.807, 2.05) is 12.1 Å². The second-order valence-corrected chi connectivity index (χ2v) is 5.36. The molecule has 0 saturated heterocycles. The first-order chi connectivity index (χ1) is 10.9. The molecule has 22 heavy (non-hydrogen) atoms. The van der Waals surface area contributed by atoms with Crippen LogP contribution in [0.1, 0.15) is 28.3 Å². The molecule has 1 aliphatic rings. The topological polar surface area (TPSA) is 26.0 Å². The number of allylic oxidation sites excluding steroid dienone is 2. The van der Waals surface area contributed by atoms with Gasteiger partial charge in [0.05, 0.1) is 0 Å². The Hall–Kier alpha value is -2.87. The summed E-state index contributed by atoms with van der Waals surface area (Å²) in [6.45, 7) is 0. The molecule has 3 aromatic rings. The lowest BCUT2D eigenvalue weighted by atomic mass is 9.80. The Morgan fingerprint density at radius 1 is 0.909 bits per heavy atom. The van der Waals surface area contributed by atoms with Crippen LogP contribution in [-0.2, 0) is 0 Å². The maximum absolute atomic E-state index is 4.97.